The molecule has 0 N–H and O–H groups in total. The molecule has 0 aliphatic rings. The van der Waals surface area contributed by atoms with Crippen LogP contribution in [-0.2, 0) is 14.3 Å². The molecule has 0 aromatic heterocycles. The molecule has 15 heavy (non-hydrogen) atoms. The van der Waals surface area contributed by atoms with Gasteiger partial charge >= 0.3 is 11.9 Å². The molecule has 0 aliphatic carbocycles. The van der Waals surface area contributed by atoms with Crippen LogP contribution >= 0.6 is 0 Å². The lowest BCUT2D eigenvalue weighted by molar-refractivity contribution is -0.145. The van der Waals surface area contributed by atoms with Gasteiger partial charge in [-0.15, -0.1) is 0 Å². The van der Waals surface area contributed by atoms with E-state index in [4.69, 9.17) is 4.74 Å². The molecular weight excluding hydrogens is 196 g/mol. The molecule has 0 amide bonds. The zero-order valence-electron chi connectivity index (χ0n) is 8.23. The van der Waals surface area contributed by atoms with Crippen molar-refractivity contribution in [2.45, 2.75) is 6.92 Å². The lowest BCUT2D eigenvalue weighted by Gasteiger charge is -2.05. The fraction of sp³-hybridized carbons (Fsp3) is 0.0909. The Labute approximate surface area is 87.1 Å². The van der Waals surface area contributed by atoms with Crippen LogP contribution in [0.3, 0.4) is 0 Å². The highest BCUT2D eigenvalue weighted by molar-refractivity contribution is 5.90. The van der Waals surface area contributed by atoms with Gasteiger partial charge in [-0.3, -0.25) is 4.79 Å². The third kappa shape index (κ3) is 3.64. The second-order valence-corrected chi connectivity index (χ2v) is 2.72. The predicted octanol–water partition coefficient (Wildman–Crippen LogP) is 1.67. The quantitative estimate of drug-likeness (QED) is 0.326. The Morgan fingerprint density at radius 2 is 1.80 bits per heavy atom. The number of benzene rings is 1. The standard InChI is InChI=1S/C11H10O4/c1-8(14-9(2)12)11(13)15-10-6-4-3-5-7-10/h3-7H,1H2,2H3. The largest absolute Gasteiger partial charge is 0.421 e. The van der Waals surface area contributed by atoms with Crippen LogP contribution in [0, 0.1) is 0 Å². The molecule has 4 heteroatoms. The maximum Gasteiger partial charge on any atom is 0.379 e. The third-order valence-corrected chi connectivity index (χ3v) is 1.45. The number of hydrogen-bond acceptors (Lipinski definition) is 4. The molecule has 4 nitrogen and oxygen atoms in total. The van der Waals surface area contributed by atoms with Crippen LogP contribution in [0.15, 0.2) is 42.7 Å². The summed E-state index contributed by atoms with van der Waals surface area (Å²) in [7, 11) is 0. The van der Waals surface area contributed by atoms with Gasteiger partial charge in [0.25, 0.3) is 0 Å². The fourth-order valence-electron chi connectivity index (χ4n) is 0.868. The number of hydrogen-bond donors (Lipinski definition) is 0. The summed E-state index contributed by atoms with van der Waals surface area (Å²) in [6, 6.07) is 8.45. The van der Waals surface area contributed by atoms with Crippen LogP contribution < -0.4 is 4.74 Å². The van der Waals surface area contributed by atoms with Gasteiger partial charge in [0.15, 0.2) is 0 Å². The van der Waals surface area contributed by atoms with Crippen molar-refractivity contribution < 1.29 is 19.1 Å². The molecule has 0 bridgehead atoms. The van der Waals surface area contributed by atoms with Crippen molar-refractivity contribution in [2.24, 2.45) is 0 Å². The minimum absolute atomic E-state index is 0.327. The van der Waals surface area contributed by atoms with Gasteiger partial charge in [0.1, 0.15) is 5.75 Å². The molecule has 0 spiro atoms. The number of rotatable bonds is 3. The van der Waals surface area contributed by atoms with E-state index >= 15 is 0 Å². The van der Waals surface area contributed by atoms with Gasteiger partial charge in [-0.1, -0.05) is 18.2 Å². The molecule has 0 saturated carbocycles. The van der Waals surface area contributed by atoms with Gasteiger partial charge in [-0.2, -0.15) is 0 Å². The molecule has 0 fully saturated rings. The smallest absolute Gasteiger partial charge is 0.379 e. The lowest BCUT2D eigenvalue weighted by Crippen LogP contribution is -2.14. The first-order chi connectivity index (χ1) is 7.09. The number of carbonyl (C=O) groups is 2. The van der Waals surface area contributed by atoms with E-state index in [2.05, 4.69) is 11.3 Å². The monoisotopic (exact) mass is 206 g/mol. The van der Waals surface area contributed by atoms with Crippen molar-refractivity contribution in [1.29, 1.82) is 0 Å². The molecule has 0 aliphatic heterocycles. The first-order valence-electron chi connectivity index (χ1n) is 4.24. The Hall–Kier alpha value is -2.10. The van der Waals surface area contributed by atoms with Crippen LogP contribution in [0.1, 0.15) is 6.92 Å². The van der Waals surface area contributed by atoms with Crippen molar-refractivity contribution in [1.82, 2.24) is 0 Å². The second-order valence-electron chi connectivity index (χ2n) is 2.72. The highest BCUT2D eigenvalue weighted by Gasteiger charge is 2.12. The summed E-state index contributed by atoms with van der Waals surface area (Å²) in [6.45, 7) is 4.45. The number of ether oxygens (including phenoxy) is 2. The van der Waals surface area contributed by atoms with Crippen LogP contribution in [0.4, 0.5) is 0 Å². The predicted molar refractivity (Wildman–Crippen MR) is 53.0 cm³/mol. The Morgan fingerprint density at radius 3 is 2.33 bits per heavy atom. The van der Waals surface area contributed by atoms with Gasteiger partial charge < -0.3 is 9.47 Å². The maximum absolute atomic E-state index is 11.2. The summed E-state index contributed by atoms with van der Waals surface area (Å²) < 4.78 is 9.34. The Morgan fingerprint density at radius 1 is 1.20 bits per heavy atom. The SMILES string of the molecule is C=C(OC(C)=O)C(=O)Oc1ccccc1. The summed E-state index contributed by atoms with van der Waals surface area (Å²) in [4.78, 5) is 21.8. The molecule has 0 radical (unpaired) electrons. The van der Waals surface area contributed by atoms with Gasteiger partial charge in [0.05, 0.1) is 0 Å². The lowest BCUT2D eigenvalue weighted by atomic mass is 10.3. The first kappa shape index (κ1) is 11.0. The molecular formula is C11H10O4. The van der Waals surface area contributed by atoms with Crippen molar-refractivity contribution in [3.8, 4) is 5.75 Å². The molecule has 1 aromatic carbocycles. The summed E-state index contributed by atoms with van der Waals surface area (Å²) in [5.41, 5.74) is 0. The Kier molecular flexibility index (Phi) is 3.62. The molecule has 0 unspecified atom stereocenters. The van der Waals surface area contributed by atoms with Gasteiger partial charge in [0.2, 0.25) is 5.76 Å². The maximum atomic E-state index is 11.2. The van der Waals surface area contributed by atoms with Crippen LogP contribution in [0.25, 0.3) is 0 Å². The average Bonchev–Trinajstić information content (AvgIpc) is 2.18. The molecule has 0 heterocycles. The van der Waals surface area contributed by atoms with E-state index in [1.54, 1.807) is 30.3 Å². The molecule has 0 atom stereocenters. The summed E-state index contributed by atoms with van der Waals surface area (Å²) in [5, 5.41) is 0. The summed E-state index contributed by atoms with van der Waals surface area (Å²) in [6.07, 6.45) is 0. The fourth-order valence-corrected chi connectivity index (χ4v) is 0.868. The summed E-state index contributed by atoms with van der Waals surface area (Å²) >= 11 is 0. The van der Waals surface area contributed by atoms with Crippen molar-refractivity contribution in [2.75, 3.05) is 0 Å². The minimum Gasteiger partial charge on any atom is -0.421 e. The molecule has 1 rings (SSSR count). The Bertz CT molecular complexity index is 381. The van der Waals surface area contributed by atoms with Crippen molar-refractivity contribution >= 4 is 11.9 Å². The Balaban J connectivity index is 2.56. The van der Waals surface area contributed by atoms with Gasteiger partial charge in [-0.05, 0) is 18.7 Å². The van der Waals surface area contributed by atoms with Crippen molar-refractivity contribution in [3.05, 3.63) is 42.7 Å². The van der Waals surface area contributed by atoms with E-state index in [1.165, 1.54) is 6.92 Å². The minimum atomic E-state index is -0.781. The van der Waals surface area contributed by atoms with Crippen molar-refractivity contribution in [3.63, 3.8) is 0 Å². The van der Waals surface area contributed by atoms with E-state index in [0.29, 0.717) is 5.75 Å². The van der Waals surface area contributed by atoms with E-state index in [1.807, 2.05) is 0 Å². The average molecular weight is 206 g/mol. The van der Waals surface area contributed by atoms with E-state index in [9.17, 15) is 9.59 Å². The molecule has 0 saturated heterocycles. The van der Waals surface area contributed by atoms with Crippen LogP contribution in [-0.4, -0.2) is 11.9 Å². The normalized spacial score (nSPS) is 9.13. The summed E-state index contributed by atoms with van der Waals surface area (Å²) in [5.74, 6) is -1.34. The van der Waals surface area contributed by atoms with Crippen LogP contribution in [0.2, 0.25) is 0 Å². The van der Waals surface area contributed by atoms with Gasteiger partial charge in [0, 0.05) is 6.92 Å². The molecule has 1 aromatic rings. The van der Waals surface area contributed by atoms with Gasteiger partial charge in [-0.25, -0.2) is 4.79 Å². The number of carbonyl (C=O) groups excluding carboxylic acids is 2. The number of esters is 2. The van der Waals surface area contributed by atoms with Crippen LogP contribution in [0.5, 0.6) is 5.75 Å². The topological polar surface area (TPSA) is 52.6 Å². The molecule has 78 valence electrons. The highest BCUT2D eigenvalue weighted by atomic mass is 16.6. The van der Waals surface area contributed by atoms with E-state index in [0.717, 1.165) is 0 Å². The number of para-hydroxylation sites is 1. The zero-order valence-corrected chi connectivity index (χ0v) is 8.23. The third-order valence-electron chi connectivity index (χ3n) is 1.45. The second kappa shape index (κ2) is 4.95. The first-order valence-corrected chi connectivity index (χ1v) is 4.24. The highest BCUT2D eigenvalue weighted by Crippen LogP contribution is 2.10. The van der Waals surface area contributed by atoms with E-state index in [-0.39, 0.29) is 5.76 Å². The zero-order chi connectivity index (χ0) is 11.3. The van der Waals surface area contributed by atoms with E-state index < -0.39 is 11.9 Å².